The highest BCUT2D eigenvalue weighted by atomic mass is 16.2. The second-order valence-corrected chi connectivity index (χ2v) is 7.12. The Morgan fingerprint density at radius 1 is 1.33 bits per heavy atom. The van der Waals surface area contributed by atoms with Crippen molar-refractivity contribution in [1.82, 2.24) is 9.80 Å². The van der Waals surface area contributed by atoms with Crippen LogP contribution < -0.4 is 5.73 Å². The smallest absolute Gasteiger partial charge is 0.239 e. The molecule has 0 aromatic heterocycles. The molecule has 124 valence electrons. The zero-order chi connectivity index (χ0) is 15.8. The summed E-state index contributed by atoms with van der Waals surface area (Å²) in [7, 11) is 2.21. The van der Waals surface area contributed by atoms with Gasteiger partial charge in [0.15, 0.2) is 0 Å². The second kappa shape index (κ2) is 9.42. The van der Waals surface area contributed by atoms with E-state index in [2.05, 4.69) is 32.7 Å². The molecule has 1 heterocycles. The Kier molecular flexibility index (Phi) is 8.27. The first-order chi connectivity index (χ1) is 9.93. The summed E-state index contributed by atoms with van der Waals surface area (Å²) >= 11 is 0. The van der Waals surface area contributed by atoms with Gasteiger partial charge in [0.2, 0.25) is 5.91 Å². The molecule has 0 radical (unpaired) electrons. The van der Waals surface area contributed by atoms with E-state index in [1.165, 1.54) is 25.9 Å². The van der Waals surface area contributed by atoms with E-state index in [4.69, 9.17) is 5.73 Å². The Morgan fingerprint density at radius 3 is 2.48 bits per heavy atom. The van der Waals surface area contributed by atoms with Crippen LogP contribution in [0.1, 0.15) is 52.9 Å². The molecule has 0 unspecified atom stereocenters. The molecule has 4 heteroatoms. The van der Waals surface area contributed by atoms with Crippen LogP contribution in [0.2, 0.25) is 0 Å². The van der Waals surface area contributed by atoms with E-state index in [1.54, 1.807) is 0 Å². The number of nitrogens with zero attached hydrogens (tertiary/aromatic N) is 2. The van der Waals surface area contributed by atoms with Crippen LogP contribution in [0.3, 0.4) is 0 Å². The fourth-order valence-corrected chi connectivity index (χ4v) is 3.14. The molecular formula is C17H35N3O. The van der Waals surface area contributed by atoms with Gasteiger partial charge in [-0.2, -0.15) is 0 Å². The van der Waals surface area contributed by atoms with Crippen LogP contribution in [0.4, 0.5) is 0 Å². The molecule has 0 spiro atoms. The third kappa shape index (κ3) is 6.79. The molecule has 1 atom stereocenters. The van der Waals surface area contributed by atoms with Crippen molar-refractivity contribution in [2.45, 2.75) is 58.9 Å². The summed E-state index contributed by atoms with van der Waals surface area (Å²) in [5, 5.41) is 0. The first kappa shape index (κ1) is 18.4. The highest BCUT2D eigenvalue weighted by Gasteiger charge is 2.26. The largest absolute Gasteiger partial charge is 0.341 e. The van der Waals surface area contributed by atoms with Gasteiger partial charge < -0.3 is 15.5 Å². The maximum atomic E-state index is 12.3. The number of piperidine rings is 1. The van der Waals surface area contributed by atoms with E-state index in [-0.39, 0.29) is 11.9 Å². The number of amides is 1. The summed E-state index contributed by atoms with van der Waals surface area (Å²) in [4.78, 5) is 16.7. The molecular weight excluding hydrogens is 262 g/mol. The Hall–Kier alpha value is -0.610. The topological polar surface area (TPSA) is 49.6 Å². The molecule has 1 aliphatic rings. The molecule has 1 fully saturated rings. The Labute approximate surface area is 131 Å². The fourth-order valence-electron chi connectivity index (χ4n) is 3.14. The maximum Gasteiger partial charge on any atom is 0.239 e. The standard InChI is InChI=1S/C17H35N3O/c1-5-6-9-19(4)13-15-7-10-20(11-8-15)17(21)16(18)12-14(2)3/h14-16H,5-13,18H2,1-4H3/t16-/m0/s1. The molecule has 0 aromatic rings. The van der Waals surface area contributed by atoms with E-state index in [9.17, 15) is 4.79 Å². The molecule has 1 rings (SSSR count). The third-order valence-electron chi connectivity index (χ3n) is 4.43. The molecule has 1 amide bonds. The van der Waals surface area contributed by atoms with Gasteiger partial charge in [-0.3, -0.25) is 4.79 Å². The van der Waals surface area contributed by atoms with Crippen LogP contribution in [-0.4, -0.2) is 55.0 Å². The number of carbonyl (C=O) groups excluding carboxylic acids is 1. The SMILES string of the molecule is CCCCN(C)CC1CCN(C(=O)[C@@H](N)CC(C)C)CC1. The lowest BCUT2D eigenvalue weighted by Gasteiger charge is -2.35. The predicted molar refractivity (Wildman–Crippen MR) is 89.1 cm³/mol. The summed E-state index contributed by atoms with van der Waals surface area (Å²) in [5.41, 5.74) is 6.02. The fraction of sp³-hybridized carbons (Fsp3) is 0.941. The molecule has 2 N–H and O–H groups in total. The average molecular weight is 297 g/mol. The highest BCUT2D eigenvalue weighted by Crippen LogP contribution is 2.19. The van der Waals surface area contributed by atoms with Crippen molar-refractivity contribution in [1.29, 1.82) is 0 Å². The Bertz CT molecular complexity index is 298. The van der Waals surface area contributed by atoms with Gasteiger partial charge in [-0.15, -0.1) is 0 Å². The van der Waals surface area contributed by atoms with Crippen LogP contribution in [0, 0.1) is 11.8 Å². The first-order valence-electron chi connectivity index (χ1n) is 8.66. The van der Waals surface area contributed by atoms with Gasteiger partial charge in [0, 0.05) is 19.6 Å². The molecule has 21 heavy (non-hydrogen) atoms. The Balaban J connectivity index is 2.29. The summed E-state index contributed by atoms with van der Waals surface area (Å²) in [6.07, 6.45) is 5.56. The van der Waals surface area contributed by atoms with Crippen LogP contribution >= 0.6 is 0 Å². The van der Waals surface area contributed by atoms with Gasteiger partial charge in [-0.25, -0.2) is 0 Å². The molecule has 0 aromatic carbocycles. The lowest BCUT2D eigenvalue weighted by Crippen LogP contribution is -2.48. The maximum absolute atomic E-state index is 12.3. The molecule has 0 aliphatic carbocycles. The van der Waals surface area contributed by atoms with Gasteiger partial charge in [0.05, 0.1) is 6.04 Å². The Morgan fingerprint density at radius 2 is 1.95 bits per heavy atom. The zero-order valence-electron chi connectivity index (χ0n) is 14.5. The van der Waals surface area contributed by atoms with Gasteiger partial charge in [0.25, 0.3) is 0 Å². The third-order valence-corrected chi connectivity index (χ3v) is 4.43. The summed E-state index contributed by atoms with van der Waals surface area (Å²) in [6, 6.07) is -0.311. The molecule has 4 nitrogen and oxygen atoms in total. The highest BCUT2D eigenvalue weighted by molar-refractivity contribution is 5.81. The quantitative estimate of drug-likeness (QED) is 0.748. The summed E-state index contributed by atoms with van der Waals surface area (Å²) < 4.78 is 0. The summed E-state index contributed by atoms with van der Waals surface area (Å²) in [6.45, 7) is 10.6. The number of carbonyl (C=O) groups is 1. The van der Waals surface area contributed by atoms with E-state index >= 15 is 0 Å². The van der Waals surface area contributed by atoms with Gasteiger partial charge >= 0.3 is 0 Å². The van der Waals surface area contributed by atoms with Crippen LogP contribution in [0.15, 0.2) is 0 Å². The van der Waals surface area contributed by atoms with Crippen molar-refractivity contribution in [2.24, 2.45) is 17.6 Å². The minimum atomic E-state index is -0.311. The van der Waals surface area contributed by atoms with Crippen LogP contribution in [0.25, 0.3) is 0 Å². The van der Waals surface area contributed by atoms with Gasteiger partial charge in [-0.05, 0) is 51.1 Å². The number of likely N-dealkylation sites (tertiary alicyclic amines) is 1. The lowest BCUT2D eigenvalue weighted by molar-refractivity contribution is -0.134. The van der Waals surface area contributed by atoms with E-state index < -0.39 is 0 Å². The average Bonchev–Trinajstić information content (AvgIpc) is 2.44. The van der Waals surface area contributed by atoms with Gasteiger partial charge in [-0.1, -0.05) is 27.2 Å². The monoisotopic (exact) mass is 297 g/mol. The normalized spacial score (nSPS) is 18.5. The number of rotatable bonds is 8. The number of hydrogen-bond acceptors (Lipinski definition) is 3. The van der Waals surface area contributed by atoms with Gasteiger partial charge in [0.1, 0.15) is 0 Å². The van der Waals surface area contributed by atoms with Crippen molar-refractivity contribution < 1.29 is 4.79 Å². The van der Waals surface area contributed by atoms with Crippen LogP contribution in [0.5, 0.6) is 0 Å². The number of unbranched alkanes of at least 4 members (excludes halogenated alkanes) is 1. The minimum Gasteiger partial charge on any atom is -0.341 e. The molecule has 0 bridgehead atoms. The van der Waals surface area contributed by atoms with Crippen LogP contribution in [-0.2, 0) is 4.79 Å². The molecule has 1 saturated heterocycles. The number of nitrogens with two attached hydrogens (primary N) is 1. The van der Waals surface area contributed by atoms with Crippen molar-refractivity contribution >= 4 is 5.91 Å². The van der Waals surface area contributed by atoms with Crippen molar-refractivity contribution in [3.63, 3.8) is 0 Å². The summed E-state index contributed by atoms with van der Waals surface area (Å²) in [5.74, 6) is 1.37. The van der Waals surface area contributed by atoms with E-state index in [0.29, 0.717) is 5.92 Å². The van der Waals surface area contributed by atoms with Crippen molar-refractivity contribution in [3.8, 4) is 0 Å². The van der Waals surface area contributed by atoms with E-state index in [0.717, 1.165) is 38.3 Å². The zero-order valence-corrected chi connectivity index (χ0v) is 14.5. The second-order valence-electron chi connectivity index (χ2n) is 7.12. The lowest BCUT2D eigenvalue weighted by atomic mass is 9.95. The molecule has 1 aliphatic heterocycles. The number of hydrogen-bond donors (Lipinski definition) is 1. The van der Waals surface area contributed by atoms with E-state index in [1.807, 2.05) is 4.90 Å². The van der Waals surface area contributed by atoms with Crippen molar-refractivity contribution in [3.05, 3.63) is 0 Å². The predicted octanol–water partition coefficient (Wildman–Crippen LogP) is 2.33. The molecule has 0 saturated carbocycles. The first-order valence-corrected chi connectivity index (χ1v) is 8.66. The minimum absolute atomic E-state index is 0.154. The van der Waals surface area contributed by atoms with Crippen molar-refractivity contribution in [2.75, 3.05) is 33.2 Å².